The summed E-state index contributed by atoms with van der Waals surface area (Å²) in [5, 5.41) is -0.135. The summed E-state index contributed by atoms with van der Waals surface area (Å²) in [7, 11) is -2.27. The van der Waals surface area contributed by atoms with E-state index < -0.39 is 32.8 Å². The minimum atomic E-state index is -4.69. The number of likely N-dealkylation sites (tertiary alicyclic amines) is 1. The summed E-state index contributed by atoms with van der Waals surface area (Å²) in [6.45, 7) is 1.59. The van der Waals surface area contributed by atoms with Crippen LogP contribution in [0.1, 0.15) is 12.0 Å². The van der Waals surface area contributed by atoms with Gasteiger partial charge in [0.25, 0.3) is 10.0 Å². The number of aromatic nitrogens is 1. The average molecular weight is 562 g/mol. The van der Waals surface area contributed by atoms with E-state index in [1.54, 1.807) is 0 Å². The summed E-state index contributed by atoms with van der Waals surface area (Å²) in [5.74, 6) is -0.432. The molecule has 1 unspecified atom stereocenters. The van der Waals surface area contributed by atoms with Gasteiger partial charge in [-0.25, -0.2) is 13.4 Å². The summed E-state index contributed by atoms with van der Waals surface area (Å²) in [6.07, 6.45) is -3.97. The summed E-state index contributed by atoms with van der Waals surface area (Å²) in [6, 6.07) is 11.2. The first-order valence-electron chi connectivity index (χ1n) is 10.6. The lowest BCUT2D eigenvalue weighted by molar-refractivity contribution is -0.137. The number of anilines is 1. The molecule has 36 heavy (non-hydrogen) atoms. The summed E-state index contributed by atoms with van der Waals surface area (Å²) in [5.41, 5.74) is -0.908. The SMILES string of the molecule is CN1CCC(Oc2cc(NS(=O)(=O)c3ccccc3Oc3cc(C(F)(F)F)cc(Cl)n3)ccc2Cl)C1. The van der Waals surface area contributed by atoms with E-state index in [4.69, 9.17) is 32.7 Å². The van der Waals surface area contributed by atoms with E-state index in [2.05, 4.69) is 14.6 Å². The van der Waals surface area contributed by atoms with Crippen LogP contribution in [0.2, 0.25) is 10.2 Å². The molecule has 1 aliphatic rings. The molecule has 4 rings (SSSR count). The molecule has 0 saturated carbocycles. The Morgan fingerprint density at radius 2 is 1.83 bits per heavy atom. The van der Waals surface area contributed by atoms with Gasteiger partial charge in [-0.3, -0.25) is 4.72 Å². The van der Waals surface area contributed by atoms with Gasteiger partial charge in [0.05, 0.1) is 16.3 Å². The largest absolute Gasteiger partial charge is 0.487 e. The molecule has 0 bridgehead atoms. The van der Waals surface area contributed by atoms with E-state index in [1.165, 1.54) is 42.5 Å². The van der Waals surface area contributed by atoms with E-state index in [-0.39, 0.29) is 22.4 Å². The van der Waals surface area contributed by atoms with Crippen LogP contribution in [0.4, 0.5) is 18.9 Å². The predicted octanol–water partition coefficient (Wildman–Crippen LogP) is 6.08. The van der Waals surface area contributed by atoms with Crippen LogP contribution in [-0.2, 0) is 16.2 Å². The highest BCUT2D eigenvalue weighted by atomic mass is 35.5. The smallest absolute Gasteiger partial charge is 0.416 e. The molecule has 0 spiro atoms. The van der Waals surface area contributed by atoms with Crippen molar-refractivity contribution in [2.75, 3.05) is 24.9 Å². The second kappa shape index (κ2) is 10.3. The fourth-order valence-corrected chi connectivity index (χ4v) is 5.14. The number of likely N-dealkylation sites (N-methyl/N-ethyl adjacent to an activating group) is 1. The number of sulfonamides is 1. The van der Waals surface area contributed by atoms with E-state index >= 15 is 0 Å². The zero-order chi connectivity index (χ0) is 26.1. The molecule has 2 heterocycles. The lowest BCUT2D eigenvalue weighted by Gasteiger charge is -2.17. The van der Waals surface area contributed by atoms with Crippen LogP contribution in [0.5, 0.6) is 17.4 Å². The first kappa shape index (κ1) is 26.3. The van der Waals surface area contributed by atoms with E-state index in [1.807, 2.05) is 7.05 Å². The summed E-state index contributed by atoms with van der Waals surface area (Å²) >= 11 is 11.9. The number of para-hydroxylation sites is 1. The van der Waals surface area contributed by atoms with Crippen molar-refractivity contribution in [2.24, 2.45) is 0 Å². The second-order valence-electron chi connectivity index (χ2n) is 8.10. The molecule has 1 saturated heterocycles. The molecule has 1 N–H and O–H groups in total. The van der Waals surface area contributed by atoms with E-state index in [0.29, 0.717) is 29.4 Å². The number of benzene rings is 2. The summed E-state index contributed by atoms with van der Waals surface area (Å²) < 4.78 is 79.6. The van der Waals surface area contributed by atoms with Crippen molar-refractivity contribution in [3.63, 3.8) is 0 Å². The fourth-order valence-electron chi connectivity index (χ4n) is 3.60. The van der Waals surface area contributed by atoms with Crippen molar-refractivity contribution < 1.29 is 31.1 Å². The van der Waals surface area contributed by atoms with Crippen LogP contribution < -0.4 is 14.2 Å². The van der Waals surface area contributed by atoms with Gasteiger partial charge in [-0.15, -0.1) is 0 Å². The molecule has 0 radical (unpaired) electrons. The maximum atomic E-state index is 13.2. The highest BCUT2D eigenvalue weighted by molar-refractivity contribution is 7.92. The van der Waals surface area contributed by atoms with Gasteiger partial charge < -0.3 is 14.4 Å². The Balaban J connectivity index is 1.59. The molecule has 1 atom stereocenters. The van der Waals surface area contributed by atoms with Crippen LogP contribution in [0.15, 0.2) is 59.5 Å². The number of halogens is 5. The number of rotatable bonds is 7. The van der Waals surface area contributed by atoms with E-state index in [9.17, 15) is 21.6 Å². The minimum absolute atomic E-state index is 0.0831. The summed E-state index contributed by atoms with van der Waals surface area (Å²) in [4.78, 5) is 5.50. The maximum Gasteiger partial charge on any atom is 0.416 e. The lowest BCUT2D eigenvalue weighted by Crippen LogP contribution is -2.21. The van der Waals surface area contributed by atoms with Crippen molar-refractivity contribution >= 4 is 38.9 Å². The lowest BCUT2D eigenvalue weighted by atomic mass is 10.2. The zero-order valence-electron chi connectivity index (χ0n) is 18.7. The topological polar surface area (TPSA) is 80.8 Å². The van der Waals surface area contributed by atoms with Gasteiger partial charge in [0.2, 0.25) is 5.88 Å². The number of nitrogens with one attached hydrogen (secondary N) is 1. The molecule has 1 aliphatic heterocycles. The second-order valence-corrected chi connectivity index (χ2v) is 10.6. The molecule has 0 aliphatic carbocycles. The molecule has 192 valence electrons. The maximum absolute atomic E-state index is 13.2. The third-order valence-corrected chi connectivity index (χ3v) is 7.20. The van der Waals surface area contributed by atoms with Gasteiger partial charge in [-0.1, -0.05) is 35.3 Å². The van der Waals surface area contributed by atoms with E-state index in [0.717, 1.165) is 13.0 Å². The number of nitrogens with zero attached hydrogens (tertiary/aromatic N) is 2. The molecule has 2 aromatic carbocycles. The van der Waals surface area contributed by atoms with Crippen LogP contribution in [0.25, 0.3) is 0 Å². The average Bonchev–Trinajstić information content (AvgIpc) is 3.20. The molecular weight excluding hydrogens is 542 g/mol. The zero-order valence-corrected chi connectivity index (χ0v) is 21.0. The van der Waals surface area contributed by atoms with Crippen LogP contribution in [0, 0.1) is 0 Å². The Bertz CT molecular complexity index is 1370. The third-order valence-electron chi connectivity index (χ3n) is 5.28. The fraction of sp³-hybridized carbons (Fsp3) is 0.261. The molecular formula is C23H20Cl2F3N3O4S. The van der Waals surface area contributed by atoms with Gasteiger partial charge >= 0.3 is 6.18 Å². The standard InChI is InChI=1S/C23H20Cl2F3N3O4S/c1-31-9-8-16(13-31)34-19-12-15(6-7-17(19)24)30-36(32,33)20-5-3-2-4-18(20)35-22-11-14(23(26,27)28)10-21(25)29-22/h2-7,10-12,16,30H,8-9,13H2,1H3. The van der Waals surface area contributed by atoms with Gasteiger partial charge in [0, 0.05) is 25.2 Å². The van der Waals surface area contributed by atoms with Crippen molar-refractivity contribution in [3.8, 4) is 17.4 Å². The Labute approximate surface area is 215 Å². The van der Waals surface area contributed by atoms with Gasteiger partial charge in [-0.05, 0) is 43.8 Å². The molecule has 7 nitrogen and oxygen atoms in total. The van der Waals surface area contributed by atoms with Crippen molar-refractivity contribution in [1.82, 2.24) is 9.88 Å². The normalized spacial score (nSPS) is 16.7. The van der Waals surface area contributed by atoms with Crippen molar-refractivity contribution in [2.45, 2.75) is 23.6 Å². The van der Waals surface area contributed by atoms with Crippen LogP contribution >= 0.6 is 23.2 Å². The predicted molar refractivity (Wildman–Crippen MR) is 130 cm³/mol. The quantitative estimate of drug-likeness (QED) is 0.352. The highest BCUT2D eigenvalue weighted by Crippen LogP contribution is 2.36. The number of ether oxygens (including phenoxy) is 2. The molecule has 0 amide bonds. The third kappa shape index (κ3) is 6.33. The number of hydrogen-bond acceptors (Lipinski definition) is 6. The Hall–Kier alpha value is -2.73. The molecule has 1 fully saturated rings. The minimum Gasteiger partial charge on any atom is -0.487 e. The van der Waals surface area contributed by atoms with Gasteiger partial charge in [0.15, 0.2) is 0 Å². The number of pyridine rings is 1. The van der Waals surface area contributed by atoms with Crippen LogP contribution in [0.3, 0.4) is 0 Å². The Morgan fingerprint density at radius 1 is 1.08 bits per heavy atom. The Kier molecular flexibility index (Phi) is 7.56. The molecule has 1 aromatic heterocycles. The number of alkyl halides is 3. The molecule has 13 heteroatoms. The van der Waals surface area contributed by atoms with Gasteiger partial charge in [0.1, 0.15) is 27.7 Å². The number of hydrogen-bond donors (Lipinski definition) is 1. The van der Waals surface area contributed by atoms with Crippen molar-refractivity contribution in [1.29, 1.82) is 0 Å². The monoisotopic (exact) mass is 561 g/mol. The highest BCUT2D eigenvalue weighted by Gasteiger charge is 2.32. The molecule has 3 aromatic rings. The first-order valence-corrected chi connectivity index (χ1v) is 12.8. The first-order chi connectivity index (χ1) is 16.9. The van der Waals surface area contributed by atoms with Crippen molar-refractivity contribution in [3.05, 3.63) is 70.3 Å². The Morgan fingerprint density at radius 3 is 2.53 bits per heavy atom. The van der Waals surface area contributed by atoms with Crippen LogP contribution in [-0.4, -0.2) is 44.5 Å². The van der Waals surface area contributed by atoms with Gasteiger partial charge in [-0.2, -0.15) is 13.2 Å².